The van der Waals surface area contributed by atoms with Crippen LogP contribution in [0.5, 0.6) is 11.5 Å². The number of benzene rings is 5. The number of hydrogen-bond donors (Lipinski definition) is 8. The summed E-state index contributed by atoms with van der Waals surface area (Å²) in [6.07, 6.45) is 1.85. The monoisotopic (exact) mass is 1140 g/mol. The van der Waals surface area contributed by atoms with E-state index in [-0.39, 0.29) is 70.6 Å². The van der Waals surface area contributed by atoms with Crippen LogP contribution in [0.3, 0.4) is 0 Å². The van der Waals surface area contributed by atoms with Gasteiger partial charge in [-0.1, -0.05) is 103 Å². The number of fused-ring (bicyclic) bond motifs is 4. The van der Waals surface area contributed by atoms with E-state index in [2.05, 4.69) is 36.9 Å². The second-order valence-electron chi connectivity index (χ2n) is 22.2. The third-order valence-corrected chi connectivity index (χ3v) is 16.5. The van der Waals surface area contributed by atoms with E-state index in [1.807, 2.05) is 109 Å². The van der Waals surface area contributed by atoms with Crippen LogP contribution in [0.4, 0.5) is 4.79 Å². The molecule has 0 aliphatic carbocycles. The summed E-state index contributed by atoms with van der Waals surface area (Å²) in [4.78, 5) is 112. The van der Waals surface area contributed by atoms with Crippen molar-refractivity contribution in [2.24, 2.45) is 11.7 Å². The highest BCUT2D eigenvalue weighted by Gasteiger charge is 2.48. The number of alkyl carbamates (subject to hydrolysis) is 1. The van der Waals surface area contributed by atoms with Crippen molar-refractivity contribution < 1.29 is 47.8 Å². The van der Waals surface area contributed by atoms with Gasteiger partial charge in [-0.05, 0) is 109 Å². The number of piperidine rings is 1. The minimum Gasteiger partial charge on any atom is -0.496 e. The Morgan fingerprint density at radius 2 is 1.32 bits per heavy atom. The van der Waals surface area contributed by atoms with Crippen LogP contribution >= 0.6 is 0 Å². The van der Waals surface area contributed by atoms with Gasteiger partial charge in [-0.15, -0.1) is 0 Å². The number of H-pyrrole nitrogens is 1. The molecule has 440 valence electrons. The lowest BCUT2D eigenvalue weighted by Crippen LogP contribution is -2.63. The predicted octanol–water partition coefficient (Wildman–Crippen LogP) is 4.12. The largest absolute Gasteiger partial charge is 0.496 e. The molecule has 0 saturated carbocycles. The molecule has 4 aliphatic rings. The predicted molar refractivity (Wildman–Crippen MR) is 314 cm³/mol. The van der Waals surface area contributed by atoms with Crippen LogP contribution in [0.2, 0.25) is 0 Å². The zero-order chi connectivity index (χ0) is 58.5. The summed E-state index contributed by atoms with van der Waals surface area (Å²) in [6, 6.07) is 31.8. The van der Waals surface area contributed by atoms with Crippen LogP contribution in [0.1, 0.15) is 65.5 Å². The number of nitrogens with zero attached hydrogens (tertiary/aromatic N) is 2. The van der Waals surface area contributed by atoms with Crippen LogP contribution in [-0.4, -0.2) is 139 Å². The van der Waals surface area contributed by atoms with E-state index < -0.39 is 83.9 Å². The maximum absolute atomic E-state index is 15.9. The highest BCUT2D eigenvalue weighted by atomic mass is 16.6. The SMILES string of the molecule is COc1cccc2[nH]cc(C[C@H]3NC(=O)[C@H](CCc4ccccc4)NC(=O)[C@@H]4C[C@@H](OC(=O)NCCN)CN4C(=O)[C@@H]4Cc5ccccc5CN4C(=O)[C@H](Cc4ccc(OCc5ccccc5)cc4)NC(=O)C(CC4CCNCC4)NC3=O)c12. The van der Waals surface area contributed by atoms with E-state index >= 15 is 28.8 Å². The fourth-order valence-electron chi connectivity index (χ4n) is 12.0. The van der Waals surface area contributed by atoms with Gasteiger partial charge in [-0.25, -0.2) is 4.79 Å². The topological polar surface area (TPSA) is 268 Å². The van der Waals surface area contributed by atoms with Gasteiger partial charge < -0.3 is 66.6 Å². The average Bonchev–Trinajstić information content (AvgIpc) is 3.99. The van der Waals surface area contributed by atoms with Crippen LogP contribution in [0.15, 0.2) is 134 Å². The second kappa shape index (κ2) is 27.6. The zero-order valence-electron chi connectivity index (χ0n) is 47.2. The van der Waals surface area contributed by atoms with Gasteiger partial charge in [0.15, 0.2) is 0 Å². The first-order chi connectivity index (χ1) is 40.9. The van der Waals surface area contributed by atoms with Gasteiger partial charge in [0.25, 0.3) is 0 Å². The van der Waals surface area contributed by atoms with Gasteiger partial charge in [0.05, 0.1) is 13.7 Å². The Kier molecular flexibility index (Phi) is 19.2. The summed E-state index contributed by atoms with van der Waals surface area (Å²) >= 11 is 0. The van der Waals surface area contributed by atoms with E-state index in [1.165, 1.54) is 9.80 Å². The molecule has 10 rings (SSSR count). The number of nitrogens with two attached hydrogens (primary N) is 1. The normalized spacial score (nSPS) is 22.7. The Labute approximate surface area is 488 Å². The highest BCUT2D eigenvalue weighted by molar-refractivity contribution is 5.99. The first kappa shape index (κ1) is 58.4. The van der Waals surface area contributed by atoms with Gasteiger partial charge >= 0.3 is 6.09 Å². The summed E-state index contributed by atoms with van der Waals surface area (Å²) in [5, 5.41) is 18.8. The summed E-state index contributed by atoms with van der Waals surface area (Å²) in [5.41, 5.74) is 11.2. The highest BCUT2D eigenvalue weighted by Crippen LogP contribution is 2.32. The van der Waals surface area contributed by atoms with Gasteiger partial charge in [0.2, 0.25) is 35.4 Å². The van der Waals surface area contributed by atoms with E-state index in [0.717, 1.165) is 40.6 Å². The molecule has 7 amide bonds. The number of methoxy groups -OCH3 is 1. The van der Waals surface area contributed by atoms with Crippen molar-refractivity contribution in [3.63, 3.8) is 0 Å². The van der Waals surface area contributed by atoms with E-state index in [1.54, 1.807) is 31.5 Å². The molecule has 0 bridgehead atoms. The molecule has 4 aliphatic heterocycles. The number of carbonyl (C=O) groups excluding carboxylic acids is 7. The lowest BCUT2D eigenvalue weighted by molar-refractivity contribution is -0.151. The van der Waals surface area contributed by atoms with Crippen LogP contribution in [-0.2, 0) is 72.3 Å². The molecular weight excluding hydrogens is 1070 g/mol. The van der Waals surface area contributed by atoms with Gasteiger partial charge in [-0.3, -0.25) is 28.8 Å². The number of ether oxygens (including phenoxy) is 3. The molecule has 3 saturated heterocycles. The molecule has 3 fully saturated rings. The summed E-state index contributed by atoms with van der Waals surface area (Å²) in [5.74, 6) is -2.72. The third kappa shape index (κ3) is 14.3. The van der Waals surface area contributed by atoms with Crippen LogP contribution < -0.4 is 47.1 Å². The molecule has 1 aromatic heterocycles. The van der Waals surface area contributed by atoms with E-state index in [4.69, 9.17) is 19.9 Å². The Morgan fingerprint density at radius 1 is 0.655 bits per heavy atom. The molecule has 0 radical (unpaired) electrons. The number of nitrogens with one attached hydrogen (secondary N) is 7. The number of aromatic nitrogens is 1. The van der Waals surface area contributed by atoms with Crippen LogP contribution in [0.25, 0.3) is 10.9 Å². The Hall–Kier alpha value is -8.75. The molecule has 20 heteroatoms. The minimum absolute atomic E-state index is 0.00483. The number of hydrogen-bond acceptors (Lipinski definition) is 12. The zero-order valence-corrected chi connectivity index (χ0v) is 47.2. The van der Waals surface area contributed by atoms with Crippen molar-refractivity contribution >= 4 is 52.4 Å². The molecule has 9 N–H and O–H groups in total. The second-order valence-corrected chi connectivity index (χ2v) is 22.2. The van der Waals surface area contributed by atoms with Gasteiger partial charge in [-0.2, -0.15) is 0 Å². The van der Waals surface area contributed by atoms with Crippen molar-refractivity contribution in [1.29, 1.82) is 0 Å². The summed E-state index contributed by atoms with van der Waals surface area (Å²) in [6.45, 7) is 1.75. The molecule has 0 spiro atoms. The maximum Gasteiger partial charge on any atom is 0.407 e. The molecule has 20 nitrogen and oxygen atoms in total. The first-order valence-corrected chi connectivity index (χ1v) is 29.1. The Balaban J connectivity index is 1.06. The first-order valence-electron chi connectivity index (χ1n) is 29.1. The fourth-order valence-corrected chi connectivity index (χ4v) is 12.0. The number of aryl methyl sites for hydroxylation is 1. The molecular formula is C64H74N10O10. The summed E-state index contributed by atoms with van der Waals surface area (Å²) in [7, 11) is 1.55. The van der Waals surface area contributed by atoms with E-state index in [9.17, 15) is 4.79 Å². The average molecular weight is 1140 g/mol. The third-order valence-electron chi connectivity index (χ3n) is 16.5. The molecule has 84 heavy (non-hydrogen) atoms. The lowest BCUT2D eigenvalue weighted by Gasteiger charge is -2.40. The summed E-state index contributed by atoms with van der Waals surface area (Å²) < 4.78 is 17.7. The van der Waals surface area contributed by atoms with Gasteiger partial charge in [0, 0.05) is 62.4 Å². The standard InChI is InChI=1S/C64H74N10O10/c1-82-56-18-10-17-49-57(56)46(36-68-49)33-52-60(77)70-51(31-42-25-28-66-29-26-42)59(76)72-53(32-41-19-22-47(23-20-41)83-39-43-13-6-3-7-14-43)62(79)73-37-45-16-9-8-15-44(45)34-55(73)63(80)74-38-48(84-64(81)67-30-27-65)35-54(74)61(78)69-50(58(75)71-52)24-21-40-11-4-2-5-12-40/h2-20,22-23,36,42,48,50-55,66,68H,21,24-35,37-39,65H2,1H3,(H,67,81)(H,69,78)(H,70,77)(H,71,75)(H,72,76)/t48-,50+,51?,52-,53+,54+,55+/m1/s1. The van der Waals surface area contributed by atoms with Gasteiger partial charge in [0.1, 0.15) is 60.5 Å². The number of carbonyl (C=O) groups is 7. The van der Waals surface area contributed by atoms with Crippen LogP contribution in [0, 0.1) is 5.92 Å². The number of amides is 7. The molecule has 6 aromatic rings. The Morgan fingerprint density at radius 3 is 2.06 bits per heavy atom. The van der Waals surface area contributed by atoms with Crippen molar-refractivity contribution in [3.8, 4) is 11.5 Å². The molecule has 7 atom stereocenters. The molecule has 5 aromatic carbocycles. The lowest BCUT2D eigenvalue weighted by atomic mass is 9.90. The maximum atomic E-state index is 15.9. The fraction of sp³-hybridized carbons (Fsp3) is 0.391. The van der Waals surface area contributed by atoms with E-state index in [0.29, 0.717) is 54.1 Å². The van der Waals surface area contributed by atoms with Crippen molar-refractivity contribution in [1.82, 2.24) is 46.7 Å². The quantitative estimate of drug-likeness (QED) is 0.0681. The minimum atomic E-state index is -1.33. The van der Waals surface area contributed by atoms with Crippen molar-refractivity contribution in [2.45, 2.75) is 113 Å². The Bertz CT molecular complexity index is 3280. The number of aromatic amines is 1. The smallest absolute Gasteiger partial charge is 0.407 e. The van der Waals surface area contributed by atoms with Crippen molar-refractivity contribution in [2.75, 3.05) is 39.8 Å². The number of rotatable bonds is 16. The molecule has 5 heterocycles. The molecule has 1 unspecified atom stereocenters. The van der Waals surface area contributed by atoms with Crippen molar-refractivity contribution in [3.05, 3.63) is 167 Å².